The van der Waals surface area contributed by atoms with Crippen LogP contribution in [0.4, 0.5) is 0 Å². The van der Waals surface area contributed by atoms with Crippen LogP contribution in [0.15, 0.2) is 71.6 Å². The first kappa shape index (κ1) is 19.9. The third-order valence-electron chi connectivity index (χ3n) is 5.67. The summed E-state index contributed by atoms with van der Waals surface area (Å²) < 4.78 is 33.5. The summed E-state index contributed by atoms with van der Waals surface area (Å²) in [5.41, 5.74) is 1.33. The molecule has 1 heterocycles. The SMILES string of the molecule is CCOc1ccc2cc(S(=O)(=O)N3CCC(Cc4ccccc4)CC3)ccc2c1. The van der Waals surface area contributed by atoms with Gasteiger partial charge in [0.25, 0.3) is 0 Å². The molecule has 0 amide bonds. The Morgan fingerprint density at radius 2 is 1.62 bits per heavy atom. The molecule has 1 aliphatic heterocycles. The van der Waals surface area contributed by atoms with Gasteiger partial charge in [0, 0.05) is 13.1 Å². The smallest absolute Gasteiger partial charge is 0.243 e. The molecule has 0 aromatic heterocycles. The zero-order chi connectivity index (χ0) is 20.3. The van der Waals surface area contributed by atoms with Gasteiger partial charge in [-0.3, -0.25) is 0 Å². The normalized spacial score (nSPS) is 16.2. The maximum absolute atomic E-state index is 13.2. The van der Waals surface area contributed by atoms with Crippen molar-refractivity contribution in [3.05, 3.63) is 72.3 Å². The van der Waals surface area contributed by atoms with E-state index in [4.69, 9.17) is 4.74 Å². The van der Waals surface area contributed by atoms with E-state index < -0.39 is 10.0 Å². The van der Waals surface area contributed by atoms with Gasteiger partial charge in [0.05, 0.1) is 11.5 Å². The minimum atomic E-state index is -3.47. The van der Waals surface area contributed by atoms with Gasteiger partial charge in [0.15, 0.2) is 0 Å². The van der Waals surface area contributed by atoms with E-state index in [1.165, 1.54) is 5.56 Å². The van der Waals surface area contributed by atoms with Crippen LogP contribution in [-0.2, 0) is 16.4 Å². The van der Waals surface area contributed by atoms with Crippen LogP contribution < -0.4 is 4.74 Å². The molecule has 152 valence electrons. The number of piperidine rings is 1. The highest BCUT2D eigenvalue weighted by atomic mass is 32.2. The van der Waals surface area contributed by atoms with Gasteiger partial charge in [0.1, 0.15) is 5.75 Å². The summed E-state index contributed by atoms with van der Waals surface area (Å²) in [5.74, 6) is 1.34. The minimum absolute atomic E-state index is 0.371. The van der Waals surface area contributed by atoms with Crippen molar-refractivity contribution in [2.45, 2.75) is 31.1 Å². The first-order chi connectivity index (χ1) is 14.1. The maximum atomic E-state index is 13.2. The Hall–Kier alpha value is -2.37. The van der Waals surface area contributed by atoms with Crippen molar-refractivity contribution in [2.75, 3.05) is 19.7 Å². The number of hydrogen-bond acceptors (Lipinski definition) is 3. The summed E-state index contributed by atoms with van der Waals surface area (Å²) in [6.45, 7) is 3.73. The second-order valence-electron chi connectivity index (χ2n) is 7.64. The van der Waals surface area contributed by atoms with E-state index in [0.29, 0.717) is 30.5 Å². The summed E-state index contributed by atoms with van der Waals surface area (Å²) in [6.07, 6.45) is 2.83. The van der Waals surface area contributed by atoms with Crippen molar-refractivity contribution in [3.63, 3.8) is 0 Å². The lowest BCUT2D eigenvalue weighted by molar-refractivity contribution is 0.273. The zero-order valence-corrected chi connectivity index (χ0v) is 17.6. The number of rotatable bonds is 6. The van der Waals surface area contributed by atoms with Gasteiger partial charge < -0.3 is 4.74 Å². The molecule has 0 unspecified atom stereocenters. The molecule has 4 nitrogen and oxygen atoms in total. The van der Waals surface area contributed by atoms with Gasteiger partial charge in [-0.15, -0.1) is 0 Å². The fourth-order valence-corrected chi connectivity index (χ4v) is 5.57. The van der Waals surface area contributed by atoms with Crippen LogP contribution in [0.5, 0.6) is 5.75 Å². The summed E-state index contributed by atoms with van der Waals surface area (Å²) in [5, 5.41) is 1.89. The fourth-order valence-electron chi connectivity index (χ4n) is 4.07. The number of nitrogens with zero attached hydrogens (tertiary/aromatic N) is 1. The van der Waals surface area contributed by atoms with Crippen molar-refractivity contribution >= 4 is 20.8 Å². The van der Waals surface area contributed by atoms with Crippen molar-refractivity contribution in [2.24, 2.45) is 5.92 Å². The largest absolute Gasteiger partial charge is 0.494 e. The molecule has 0 N–H and O–H groups in total. The van der Waals surface area contributed by atoms with Crippen LogP contribution in [0.25, 0.3) is 10.8 Å². The van der Waals surface area contributed by atoms with Crippen LogP contribution in [0.3, 0.4) is 0 Å². The molecule has 3 aromatic rings. The van der Waals surface area contributed by atoms with Gasteiger partial charge in [0.2, 0.25) is 10.0 Å². The highest BCUT2D eigenvalue weighted by Gasteiger charge is 2.29. The van der Waals surface area contributed by atoms with Crippen LogP contribution in [-0.4, -0.2) is 32.4 Å². The van der Waals surface area contributed by atoms with Crippen molar-refractivity contribution < 1.29 is 13.2 Å². The summed E-state index contributed by atoms with van der Waals surface area (Å²) >= 11 is 0. The van der Waals surface area contributed by atoms with E-state index in [1.807, 2.05) is 37.3 Å². The summed E-state index contributed by atoms with van der Waals surface area (Å²) in [6, 6.07) is 21.6. The number of benzene rings is 3. The summed E-state index contributed by atoms with van der Waals surface area (Å²) in [4.78, 5) is 0.371. The van der Waals surface area contributed by atoms with Crippen molar-refractivity contribution in [3.8, 4) is 5.75 Å². The van der Waals surface area contributed by atoms with E-state index in [2.05, 4.69) is 24.3 Å². The highest BCUT2D eigenvalue weighted by Crippen LogP contribution is 2.29. The van der Waals surface area contributed by atoms with Crippen LogP contribution >= 0.6 is 0 Å². The Bertz CT molecular complexity index is 1070. The maximum Gasteiger partial charge on any atom is 0.243 e. The topological polar surface area (TPSA) is 46.6 Å². The van der Waals surface area contributed by atoms with Crippen molar-refractivity contribution in [1.82, 2.24) is 4.31 Å². The lowest BCUT2D eigenvalue weighted by atomic mass is 9.91. The molecular formula is C24H27NO3S. The second-order valence-corrected chi connectivity index (χ2v) is 9.58. The monoisotopic (exact) mass is 409 g/mol. The average molecular weight is 410 g/mol. The molecular weight excluding hydrogens is 382 g/mol. The molecule has 29 heavy (non-hydrogen) atoms. The van der Waals surface area contributed by atoms with Gasteiger partial charge >= 0.3 is 0 Å². The molecule has 0 aliphatic carbocycles. The molecule has 0 bridgehead atoms. The molecule has 4 rings (SSSR count). The first-order valence-electron chi connectivity index (χ1n) is 10.3. The molecule has 3 aromatic carbocycles. The van der Waals surface area contributed by atoms with E-state index in [-0.39, 0.29) is 0 Å². The van der Waals surface area contributed by atoms with Gasteiger partial charge in [-0.2, -0.15) is 4.31 Å². The first-order valence-corrected chi connectivity index (χ1v) is 11.7. The third-order valence-corrected chi connectivity index (χ3v) is 7.57. The molecule has 0 spiro atoms. The quantitative estimate of drug-likeness (QED) is 0.583. The lowest BCUT2D eigenvalue weighted by Gasteiger charge is -2.31. The highest BCUT2D eigenvalue weighted by molar-refractivity contribution is 7.89. The molecule has 1 saturated heterocycles. The van der Waals surface area contributed by atoms with E-state index in [1.54, 1.807) is 16.4 Å². The third kappa shape index (κ3) is 4.46. The van der Waals surface area contributed by atoms with Crippen molar-refractivity contribution in [1.29, 1.82) is 0 Å². The predicted molar refractivity (Wildman–Crippen MR) is 117 cm³/mol. The fraction of sp³-hybridized carbons (Fsp3) is 0.333. The molecule has 5 heteroatoms. The predicted octanol–water partition coefficient (Wildman–Crippen LogP) is 4.88. The van der Waals surface area contributed by atoms with Crippen LogP contribution in [0.2, 0.25) is 0 Å². The Balaban J connectivity index is 1.46. The van der Waals surface area contributed by atoms with Crippen LogP contribution in [0, 0.1) is 5.92 Å². The van der Waals surface area contributed by atoms with Crippen LogP contribution in [0.1, 0.15) is 25.3 Å². The van der Waals surface area contributed by atoms with E-state index in [0.717, 1.165) is 35.8 Å². The molecule has 0 saturated carbocycles. The van der Waals surface area contributed by atoms with Gasteiger partial charge in [-0.25, -0.2) is 8.42 Å². The Labute approximate surface area is 173 Å². The number of fused-ring (bicyclic) bond motifs is 1. The number of sulfonamides is 1. The molecule has 0 radical (unpaired) electrons. The average Bonchev–Trinajstić information content (AvgIpc) is 2.75. The molecule has 1 fully saturated rings. The summed E-state index contributed by atoms with van der Waals surface area (Å²) in [7, 11) is -3.47. The lowest BCUT2D eigenvalue weighted by Crippen LogP contribution is -2.38. The number of hydrogen-bond donors (Lipinski definition) is 0. The van der Waals surface area contributed by atoms with Gasteiger partial charge in [-0.1, -0.05) is 42.5 Å². The minimum Gasteiger partial charge on any atom is -0.494 e. The Kier molecular flexibility index (Phi) is 5.88. The van der Waals surface area contributed by atoms with E-state index >= 15 is 0 Å². The van der Waals surface area contributed by atoms with E-state index in [9.17, 15) is 8.42 Å². The number of ether oxygens (including phenoxy) is 1. The molecule has 0 atom stereocenters. The molecule has 1 aliphatic rings. The van der Waals surface area contributed by atoms with Gasteiger partial charge in [-0.05, 0) is 72.7 Å². The Morgan fingerprint density at radius 3 is 2.34 bits per heavy atom. The second kappa shape index (κ2) is 8.56. The Morgan fingerprint density at radius 1 is 0.931 bits per heavy atom. The zero-order valence-electron chi connectivity index (χ0n) is 16.8. The standard InChI is InChI=1S/C24H27NO3S/c1-2-28-23-10-8-22-18-24(11-9-21(22)17-23)29(26,27)25-14-12-20(13-15-25)16-19-6-4-3-5-7-19/h3-11,17-18,20H,2,12-16H2,1H3.